The monoisotopic (exact) mass is 438 g/mol. The second-order valence-electron chi connectivity index (χ2n) is 8.88. The highest BCUT2D eigenvalue weighted by Gasteiger charge is 2.19. The summed E-state index contributed by atoms with van der Waals surface area (Å²) >= 11 is 0. The molecule has 2 aromatic carbocycles. The molecule has 7 nitrogen and oxygen atoms in total. The first kappa shape index (κ1) is 23.8. The number of nitrogens with zero attached hydrogens (tertiary/aromatic N) is 1. The Bertz CT molecular complexity index is 939. The Hall–Kier alpha value is -2.90. The van der Waals surface area contributed by atoms with Crippen LogP contribution in [0.1, 0.15) is 52.1 Å². The molecule has 3 rings (SSSR count). The fourth-order valence-electron chi connectivity index (χ4n) is 3.80. The van der Waals surface area contributed by atoms with Crippen LogP contribution in [0.5, 0.6) is 5.75 Å². The van der Waals surface area contributed by atoms with E-state index in [0.717, 1.165) is 42.9 Å². The number of benzene rings is 2. The third-order valence-electron chi connectivity index (χ3n) is 5.56. The van der Waals surface area contributed by atoms with Gasteiger partial charge in [0.15, 0.2) is 0 Å². The predicted octanol–water partition coefficient (Wildman–Crippen LogP) is 2.54. The Balaban J connectivity index is 1.71. The van der Waals surface area contributed by atoms with E-state index in [-0.39, 0.29) is 5.91 Å². The third-order valence-corrected chi connectivity index (χ3v) is 5.56. The Labute approximate surface area is 190 Å². The summed E-state index contributed by atoms with van der Waals surface area (Å²) < 4.78 is 5.99. The molecule has 2 amide bonds. The van der Waals surface area contributed by atoms with E-state index in [1.165, 1.54) is 6.07 Å². The molecule has 1 fully saturated rings. The average Bonchev–Trinajstić information content (AvgIpc) is 3.31. The van der Waals surface area contributed by atoms with E-state index < -0.39 is 5.91 Å². The number of nitrogens with one attached hydrogen (secondary N) is 2. The SMILES string of the molecule is CC(C)COc1cc(CNC(=O)c2cccc(C(N)=O)c2)cc(CN(C)C2CCNC2)c1. The van der Waals surface area contributed by atoms with Gasteiger partial charge in [-0.3, -0.25) is 14.5 Å². The van der Waals surface area contributed by atoms with Crippen LogP contribution in [0.4, 0.5) is 0 Å². The minimum atomic E-state index is -0.555. The Kier molecular flexibility index (Phi) is 8.25. The zero-order valence-electron chi connectivity index (χ0n) is 19.2. The number of hydrogen-bond donors (Lipinski definition) is 3. The van der Waals surface area contributed by atoms with Gasteiger partial charge < -0.3 is 21.1 Å². The van der Waals surface area contributed by atoms with Crippen LogP contribution in [0.2, 0.25) is 0 Å². The maximum atomic E-state index is 12.6. The molecule has 7 heteroatoms. The maximum Gasteiger partial charge on any atom is 0.251 e. The summed E-state index contributed by atoms with van der Waals surface area (Å²) in [6.07, 6.45) is 1.15. The van der Waals surface area contributed by atoms with Gasteiger partial charge in [-0.25, -0.2) is 0 Å². The van der Waals surface area contributed by atoms with Crippen molar-refractivity contribution >= 4 is 11.8 Å². The van der Waals surface area contributed by atoms with Crippen molar-refractivity contribution in [2.75, 3.05) is 26.7 Å². The lowest BCUT2D eigenvalue weighted by atomic mass is 10.1. The fourth-order valence-corrected chi connectivity index (χ4v) is 3.80. The van der Waals surface area contributed by atoms with E-state index in [9.17, 15) is 9.59 Å². The van der Waals surface area contributed by atoms with Gasteiger partial charge in [0, 0.05) is 36.8 Å². The van der Waals surface area contributed by atoms with Gasteiger partial charge in [-0.05, 0) is 67.4 Å². The lowest BCUT2D eigenvalue weighted by Crippen LogP contribution is -2.32. The van der Waals surface area contributed by atoms with Gasteiger partial charge in [-0.2, -0.15) is 0 Å². The van der Waals surface area contributed by atoms with Crippen LogP contribution in [-0.2, 0) is 13.1 Å². The molecule has 1 aliphatic rings. The van der Waals surface area contributed by atoms with Crippen LogP contribution < -0.4 is 21.1 Å². The van der Waals surface area contributed by atoms with Gasteiger partial charge in [0.2, 0.25) is 5.91 Å². The standard InChI is InChI=1S/C25H34N4O3/c1-17(2)16-32-23-10-18(9-19(11-23)15-29(3)22-7-8-27-14-22)13-28-25(31)21-6-4-5-20(12-21)24(26)30/h4-6,9-12,17,22,27H,7-8,13-16H2,1-3H3,(H2,26,30)(H,28,31). The fraction of sp³-hybridized carbons (Fsp3) is 0.440. The lowest BCUT2D eigenvalue weighted by molar-refractivity contribution is 0.0950. The molecule has 4 N–H and O–H groups in total. The van der Waals surface area contributed by atoms with Crippen molar-refractivity contribution in [1.82, 2.24) is 15.5 Å². The molecule has 2 aromatic rings. The molecule has 1 atom stereocenters. The minimum absolute atomic E-state index is 0.253. The van der Waals surface area contributed by atoms with E-state index >= 15 is 0 Å². The van der Waals surface area contributed by atoms with Crippen LogP contribution in [0.15, 0.2) is 42.5 Å². The predicted molar refractivity (Wildman–Crippen MR) is 126 cm³/mol. The molecular weight excluding hydrogens is 404 g/mol. The van der Waals surface area contributed by atoms with Crippen molar-refractivity contribution < 1.29 is 14.3 Å². The Morgan fingerprint density at radius 3 is 2.62 bits per heavy atom. The molecule has 1 heterocycles. The van der Waals surface area contributed by atoms with Gasteiger partial charge in [0.25, 0.3) is 5.91 Å². The van der Waals surface area contributed by atoms with Gasteiger partial charge in [0.1, 0.15) is 5.75 Å². The number of hydrogen-bond acceptors (Lipinski definition) is 5. The molecule has 0 saturated carbocycles. The number of rotatable bonds is 10. The van der Waals surface area contributed by atoms with Crippen molar-refractivity contribution in [3.05, 3.63) is 64.7 Å². The van der Waals surface area contributed by atoms with Crippen molar-refractivity contribution in [3.63, 3.8) is 0 Å². The molecular formula is C25H34N4O3. The van der Waals surface area contributed by atoms with Gasteiger partial charge in [0.05, 0.1) is 6.61 Å². The first-order valence-electron chi connectivity index (χ1n) is 11.2. The smallest absolute Gasteiger partial charge is 0.251 e. The molecule has 1 saturated heterocycles. The average molecular weight is 439 g/mol. The number of amides is 2. The number of nitrogens with two attached hydrogens (primary N) is 1. The van der Waals surface area contributed by atoms with Gasteiger partial charge >= 0.3 is 0 Å². The molecule has 0 aromatic heterocycles. The first-order chi connectivity index (χ1) is 15.3. The molecule has 1 aliphatic heterocycles. The largest absolute Gasteiger partial charge is 0.493 e. The quantitative estimate of drug-likeness (QED) is 0.530. The van der Waals surface area contributed by atoms with Gasteiger partial charge in [-0.1, -0.05) is 26.0 Å². The van der Waals surface area contributed by atoms with Crippen molar-refractivity contribution in [3.8, 4) is 5.75 Å². The molecule has 32 heavy (non-hydrogen) atoms. The van der Waals surface area contributed by atoms with Crippen LogP contribution in [0.3, 0.4) is 0 Å². The summed E-state index contributed by atoms with van der Waals surface area (Å²) in [4.78, 5) is 26.4. The Morgan fingerprint density at radius 1 is 1.19 bits per heavy atom. The molecule has 172 valence electrons. The van der Waals surface area contributed by atoms with Crippen molar-refractivity contribution in [2.24, 2.45) is 11.7 Å². The molecule has 0 aliphatic carbocycles. The maximum absolute atomic E-state index is 12.6. The second kappa shape index (κ2) is 11.1. The topological polar surface area (TPSA) is 96.7 Å². The number of carbonyl (C=O) groups is 2. The van der Waals surface area contributed by atoms with E-state index in [1.807, 2.05) is 6.07 Å². The first-order valence-corrected chi connectivity index (χ1v) is 11.2. The second-order valence-corrected chi connectivity index (χ2v) is 8.88. The lowest BCUT2D eigenvalue weighted by Gasteiger charge is -2.24. The van der Waals surface area contributed by atoms with E-state index in [0.29, 0.717) is 36.2 Å². The third kappa shape index (κ3) is 6.80. The highest BCUT2D eigenvalue weighted by Crippen LogP contribution is 2.21. The normalized spacial score (nSPS) is 15.8. The summed E-state index contributed by atoms with van der Waals surface area (Å²) in [5, 5.41) is 6.35. The zero-order chi connectivity index (χ0) is 23.1. The minimum Gasteiger partial charge on any atom is -0.493 e. The van der Waals surface area contributed by atoms with Crippen molar-refractivity contribution in [2.45, 2.75) is 39.4 Å². The number of primary amides is 1. The summed E-state index contributed by atoms with van der Waals surface area (Å²) in [6.45, 7) is 8.11. The highest BCUT2D eigenvalue weighted by atomic mass is 16.5. The molecule has 1 unspecified atom stereocenters. The summed E-state index contributed by atoms with van der Waals surface area (Å²) in [6, 6.07) is 13.1. The highest BCUT2D eigenvalue weighted by molar-refractivity contribution is 5.99. The van der Waals surface area contributed by atoms with E-state index in [4.69, 9.17) is 10.5 Å². The summed E-state index contributed by atoms with van der Waals surface area (Å²) in [7, 11) is 2.15. The number of carbonyl (C=O) groups excluding carboxylic acids is 2. The Morgan fingerprint density at radius 2 is 1.94 bits per heavy atom. The number of ether oxygens (including phenoxy) is 1. The molecule has 0 radical (unpaired) electrons. The van der Waals surface area contributed by atoms with E-state index in [2.05, 4.69) is 48.6 Å². The van der Waals surface area contributed by atoms with Gasteiger partial charge in [-0.15, -0.1) is 0 Å². The van der Waals surface area contributed by atoms with Crippen LogP contribution in [0.25, 0.3) is 0 Å². The summed E-state index contributed by atoms with van der Waals surface area (Å²) in [5.41, 5.74) is 8.17. The molecule has 0 spiro atoms. The van der Waals surface area contributed by atoms with Crippen molar-refractivity contribution in [1.29, 1.82) is 0 Å². The van der Waals surface area contributed by atoms with Crippen LogP contribution in [-0.4, -0.2) is 49.5 Å². The van der Waals surface area contributed by atoms with Crippen LogP contribution >= 0.6 is 0 Å². The van der Waals surface area contributed by atoms with E-state index in [1.54, 1.807) is 18.2 Å². The zero-order valence-corrected chi connectivity index (χ0v) is 19.2. The van der Waals surface area contributed by atoms with Crippen LogP contribution in [0, 0.1) is 5.92 Å². The summed E-state index contributed by atoms with van der Waals surface area (Å²) in [5.74, 6) is 0.430. The number of likely N-dealkylation sites (N-methyl/N-ethyl adjacent to an activating group) is 1. The molecule has 0 bridgehead atoms.